The lowest BCUT2D eigenvalue weighted by Gasteiger charge is -2.64. The Balaban J connectivity index is 1.24. The first kappa shape index (κ1) is 54.1. The molecule has 3 aliphatic carbocycles. The Morgan fingerprint density at radius 1 is 0.701 bits per heavy atom. The number of ether oxygens (including phenoxy) is 7. The van der Waals surface area contributed by atoms with E-state index in [0.29, 0.717) is 32.1 Å². The van der Waals surface area contributed by atoms with Gasteiger partial charge in [0.2, 0.25) is 6.29 Å². The van der Waals surface area contributed by atoms with Crippen LogP contribution < -0.4 is 0 Å². The fourth-order valence-corrected chi connectivity index (χ4v) is 12.1. The van der Waals surface area contributed by atoms with Crippen molar-refractivity contribution in [1.29, 1.82) is 0 Å². The van der Waals surface area contributed by atoms with Gasteiger partial charge in [0, 0.05) is 26.1 Å². The van der Waals surface area contributed by atoms with Gasteiger partial charge in [-0.2, -0.15) is 0 Å². The lowest BCUT2D eigenvalue weighted by atomic mass is 9.40. The maximum Gasteiger partial charge on any atom is 0.361 e. The average Bonchev–Trinajstić information content (AvgIpc) is 4.01. The maximum atomic E-state index is 14.3. The molecule has 14 N–H and O–H groups in total. The molecule has 0 bridgehead atoms. The van der Waals surface area contributed by atoms with Gasteiger partial charge in [0.25, 0.3) is 0 Å². The second-order valence-corrected chi connectivity index (χ2v) is 19.9. The summed E-state index contributed by atoms with van der Waals surface area (Å²) in [6.07, 6.45) is -24.4. The third-order valence-corrected chi connectivity index (χ3v) is 15.7. The first-order valence-corrected chi connectivity index (χ1v) is 23.3. The third-order valence-electron chi connectivity index (χ3n) is 15.7. The van der Waals surface area contributed by atoms with Crippen LogP contribution in [0.2, 0.25) is 0 Å². The van der Waals surface area contributed by atoms with E-state index in [1.807, 2.05) is 6.92 Å². The molecule has 386 valence electrons. The topological polar surface area (TPSA) is 385 Å². The molecule has 6 aliphatic rings. The van der Waals surface area contributed by atoms with E-state index in [4.69, 9.17) is 33.2 Å². The third kappa shape index (κ3) is 10.6. The maximum absolute atomic E-state index is 14.3. The second kappa shape index (κ2) is 21.6. The molecule has 22 atom stereocenters. The molecule has 0 spiro atoms. The van der Waals surface area contributed by atoms with Crippen molar-refractivity contribution >= 4 is 11.9 Å². The quantitative estimate of drug-likeness (QED) is 0.0226. The van der Waals surface area contributed by atoms with Gasteiger partial charge in [0.15, 0.2) is 30.7 Å². The minimum atomic E-state index is -2.49. The fourth-order valence-electron chi connectivity index (χ4n) is 12.1. The number of esters is 2. The van der Waals surface area contributed by atoms with Crippen molar-refractivity contribution in [3.63, 3.8) is 0 Å². The van der Waals surface area contributed by atoms with Gasteiger partial charge in [-0.15, -0.1) is 0 Å². The van der Waals surface area contributed by atoms with Gasteiger partial charge in [-0.25, -0.2) is 4.79 Å². The van der Waals surface area contributed by atoms with Crippen LogP contribution in [0.25, 0.3) is 0 Å². The van der Waals surface area contributed by atoms with Crippen molar-refractivity contribution in [3.05, 3.63) is 12.3 Å². The van der Waals surface area contributed by atoms with Crippen LogP contribution in [0.5, 0.6) is 0 Å². The molecule has 0 aromatic heterocycles. The Morgan fingerprint density at radius 3 is 2.01 bits per heavy atom. The molecule has 3 saturated heterocycles. The van der Waals surface area contributed by atoms with Crippen LogP contribution in [-0.2, 0) is 42.7 Å². The highest BCUT2D eigenvalue weighted by atomic mass is 17.0. The first-order valence-electron chi connectivity index (χ1n) is 23.3. The van der Waals surface area contributed by atoms with E-state index in [0.717, 1.165) is 25.7 Å². The molecule has 3 heterocycles. The van der Waals surface area contributed by atoms with E-state index < -0.39 is 171 Å². The van der Waals surface area contributed by atoms with Crippen LogP contribution >= 0.6 is 0 Å². The Hall–Kier alpha value is -2.24. The van der Waals surface area contributed by atoms with E-state index >= 15 is 0 Å². The number of fused-ring (bicyclic) bond motifs is 4. The van der Waals surface area contributed by atoms with Crippen molar-refractivity contribution in [2.45, 2.75) is 195 Å². The van der Waals surface area contributed by atoms with Gasteiger partial charge in [0.05, 0.1) is 36.6 Å². The second-order valence-electron chi connectivity index (χ2n) is 19.9. The molecule has 67 heavy (non-hydrogen) atoms. The predicted molar refractivity (Wildman–Crippen MR) is 222 cm³/mol. The van der Waals surface area contributed by atoms with E-state index in [2.05, 4.69) is 13.5 Å². The van der Waals surface area contributed by atoms with E-state index in [1.54, 1.807) is 0 Å². The van der Waals surface area contributed by atoms with Gasteiger partial charge in [0.1, 0.15) is 48.8 Å². The zero-order valence-electron chi connectivity index (χ0n) is 37.8. The summed E-state index contributed by atoms with van der Waals surface area (Å²) in [6.45, 7) is 5.23. The molecule has 0 amide bonds. The Labute approximate surface area is 387 Å². The number of aliphatic hydroxyl groups is 14. The summed E-state index contributed by atoms with van der Waals surface area (Å²) >= 11 is 0. The molecular formula is C44H72O23. The molecule has 3 saturated carbocycles. The number of allylic oxidation sites excluding steroid dienone is 1. The lowest BCUT2D eigenvalue weighted by Crippen LogP contribution is -2.62. The molecule has 3 aliphatic heterocycles. The van der Waals surface area contributed by atoms with Crippen LogP contribution in [0.1, 0.15) is 90.9 Å². The van der Waals surface area contributed by atoms with Crippen molar-refractivity contribution in [2.24, 2.45) is 28.1 Å². The van der Waals surface area contributed by atoms with E-state index in [9.17, 15) is 81.1 Å². The van der Waals surface area contributed by atoms with Crippen LogP contribution in [0.15, 0.2) is 12.3 Å². The summed E-state index contributed by atoms with van der Waals surface area (Å²) in [5, 5.41) is 146. The molecule has 6 fully saturated rings. The molecule has 23 heteroatoms. The summed E-state index contributed by atoms with van der Waals surface area (Å²) in [7, 11) is 0. The fraction of sp³-hybridized carbons (Fsp3) is 0.909. The standard InChI is InChI=1S/C44H72O23/c1-20(61-38(59)35(64-39-33(57)30(54)28(52)23(18-47)62-39)34(22(50)10-16-46)63-37(58)32(56)27(51)21(49)9-15-45)17-43-13-5-4-7-26(43)41(2)11-6-12-42(3,25(41)8-14-43)40(60)67-44-36(66-44)31(55)29(53)24(19-48)65-44/h21-36,38-39,45-57,59H,1,4-19H2,2-3H3. The van der Waals surface area contributed by atoms with E-state index in [-0.39, 0.29) is 24.0 Å². The largest absolute Gasteiger partial charge is 0.467 e. The SMILES string of the molecule is C=C(CC12CCCCC1C1(C)CCCC(C)(C(=O)OC34OC(CO)C(O)C(O)C3O4)C1CC2)OC(O)C(OC1OC(CO)C(O)C(O)C1O)C(OC(=O)C(O)C(O)C(O)CCO)C(O)CCO. The van der Waals surface area contributed by atoms with Gasteiger partial charge in [-0.3, -0.25) is 9.53 Å². The summed E-state index contributed by atoms with van der Waals surface area (Å²) in [4.78, 5) is 27.6. The number of rotatable bonds is 21. The Morgan fingerprint density at radius 2 is 1.36 bits per heavy atom. The first-order chi connectivity index (χ1) is 31.6. The van der Waals surface area contributed by atoms with Crippen LogP contribution in [0.3, 0.4) is 0 Å². The molecule has 0 radical (unpaired) electrons. The highest BCUT2D eigenvalue weighted by Gasteiger charge is 2.74. The van der Waals surface area contributed by atoms with Crippen LogP contribution in [0.4, 0.5) is 0 Å². The van der Waals surface area contributed by atoms with Gasteiger partial charge in [-0.05, 0) is 74.5 Å². The summed E-state index contributed by atoms with van der Waals surface area (Å²) in [6, 6.07) is 0. The summed E-state index contributed by atoms with van der Waals surface area (Å²) in [5.74, 6) is -4.46. The monoisotopic (exact) mass is 968 g/mol. The zero-order valence-corrected chi connectivity index (χ0v) is 37.8. The molecule has 0 aromatic rings. The van der Waals surface area contributed by atoms with Crippen molar-refractivity contribution in [1.82, 2.24) is 0 Å². The Bertz CT molecular complexity index is 1690. The van der Waals surface area contributed by atoms with Crippen LogP contribution in [-0.4, -0.2) is 214 Å². The average molecular weight is 969 g/mol. The summed E-state index contributed by atoms with van der Waals surface area (Å²) in [5.41, 5.74) is -2.00. The number of carbonyl (C=O) groups excluding carboxylic acids is 2. The molecular weight excluding hydrogens is 896 g/mol. The summed E-state index contributed by atoms with van der Waals surface area (Å²) < 4.78 is 39.9. The highest BCUT2D eigenvalue weighted by molar-refractivity contribution is 5.78. The molecule has 22 unspecified atom stereocenters. The Kier molecular flexibility index (Phi) is 17.5. The van der Waals surface area contributed by atoms with Gasteiger partial charge in [-0.1, -0.05) is 32.8 Å². The smallest absolute Gasteiger partial charge is 0.361 e. The minimum absolute atomic E-state index is 0.00389. The predicted octanol–water partition coefficient (Wildman–Crippen LogP) is -3.98. The molecule has 23 nitrogen and oxygen atoms in total. The lowest BCUT2D eigenvalue weighted by molar-refractivity contribution is -0.339. The minimum Gasteiger partial charge on any atom is -0.467 e. The normalized spacial score (nSPS) is 42.5. The zero-order chi connectivity index (χ0) is 49.4. The van der Waals surface area contributed by atoms with E-state index in [1.165, 1.54) is 0 Å². The number of hydrogen-bond acceptors (Lipinski definition) is 23. The highest BCUT2D eigenvalue weighted by Crippen LogP contribution is 2.69. The number of hydrogen-bond donors (Lipinski definition) is 14. The number of carbonyl (C=O) groups is 2. The molecule has 0 aromatic carbocycles. The van der Waals surface area contributed by atoms with Gasteiger partial charge >= 0.3 is 17.9 Å². The van der Waals surface area contributed by atoms with Crippen molar-refractivity contribution in [2.75, 3.05) is 26.4 Å². The van der Waals surface area contributed by atoms with Crippen molar-refractivity contribution in [3.8, 4) is 0 Å². The van der Waals surface area contributed by atoms with Gasteiger partial charge < -0.3 is 99.9 Å². The molecule has 6 rings (SSSR count). The van der Waals surface area contributed by atoms with Crippen molar-refractivity contribution < 1.29 is 114 Å². The number of aliphatic hydroxyl groups excluding tert-OH is 14. The van der Waals surface area contributed by atoms with Crippen LogP contribution in [0, 0.1) is 28.1 Å². The number of epoxide rings is 1.